The number of ether oxygens (including phenoxy) is 3. The number of piperidine rings is 1. The van der Waals surface area contributed by atoms with Crippen LogP contribution in [-0.4, -0.2) is 89.7 Å². The quantitative estimate of drug-likeness (QED) is 0.135. The van der Waals surface area contributed by atoms with Gasteiger partial charge in [0.2, 0.25) is 5.91 Å². The average molecular weight is 824 g/mol. The van der Waals surface area contributed by atoms with Crippen LogP contribution >= 0.6 is 0 Å². The number of amides is 2. The number of nitrogens with zero attached hydrogens (tertiary/aromatic N) is 4. The minimum absolute atomic E-state index is 0.0200. The van der Waals surface area contributed by atoms with Crippen LogP contribution in [0, 0.1) is 12.7 Å². The van der Waals surface area contributed by atoms with Crippen LogP contribution in [0.4, 0.5) is 4.39 Å². The molecule has 61 heavy (non-hydrogen) atoms. The van der Waals surface area contributed by atoms with E-state index >= 15 is 4.39 Å². The highest BCUT2D eigenvalue weighted by molar-refractivity contribution is 5.95. The third-order valence-electron chi connectivity index (χ3n) is 12.1. The van der Waals surface area contributed by atoms with Gasteiger partial charge in [0.05, 0.1) is 42.5 Å². The summed E-state index contributed by atoms with van der Waals surface area (Å²) in [6, 6.07) is 31.6. The molecule has 314 valence electrons. The molecule has 0 saturated carbocycles. The molecule has 0 radical (unpaired) electrons. The number of rotatable bonds is 12. The molecule has 1 unspecified atom stereocenters. The zero-order valence-electron chi connectivity index (χ0n) is 34.8. The van der Waals surface area contributed by atoms with E-state index in [4.69, 9.17) is 14.2 Å². The number of carbonyl (C=O) groups excluding carboxylic acids is 2. The van der Waals surface area contributed by atoms with Crippen molar-refractivity contribution in [3.63, 3.8) is 0 Å². The number of hydrogen-bond donors (Lipinski definition) is 1. The van der Waals surface area contributed by atoms with E-state index < -0.39 is 11.7 Å². The number of likely N-dealkylation sites (tertiary alicyclic amines) is 1. The molecule has 2 aliphatic rings. The Kier molecular flexibility index (Phi) is 12.4. The first-order valence-corrected chi connectivity index (χ1v) is 20.8. The number of methoxy groups -OCH3 is 2. The maximum atomic E-state index is 15.2. The maximum Gasteiger partial charge on any atom is 0.272 e. The van der Waals surface area contributed by atoms with Crippen molar-refractivity contribution in [2.45, 2.75) is 51.8 Å². The lowest BCUT2D eigenvalue weighted by Crippen LogP contribution is -2.56. The molecule has 6 aromatic rings. The lowest BCUT2D eigenvalue weighted by Gasteiger charge is -2.41. The number of carbonyl (C=O) groups is 2. The van der Waals surface area contributed by atoms with Gasteiger partial charge in [-0.2, -0.15) is 5.10 Å². The highest BCUT2D eigenvalue weighted by Crippen LogP contribution is 2.37. The van der Waals surface area contributed by atoms with E-state index in [0.717, 1.165) is 47.2 Å². The average Bonchev–Trinajstić information content (AvgIpc) is 3.30. The fourth-order valence-electron chi connectivity index (χ4n) is 8.65. The second-order valence-corrected chi connectivity index (χ2v) is 15.7. The molecular weight excluding hydrogens is 774 g/mol. The number of fused-ring (bicyclic) bond motifs is 1. The molecule has 2 amide bonds. The summed E-state index contributed by atoms with van der Waals surface area (Å²) in [6.45, 7) is 4.91. The molecule has 0 spiro atoms. The Morgan fingerprint density at radius 1 is 0.803 bits per heavy atom. The van der Waals surface area contributed by atoms with Crippen molar-refractivity contribution < 1.29 is 28.2 Å². The van der Waals surface area contributed by atoms with E-state index in [2.05, 4.69) is 52.4 Å². The summed E-state index contributed by atoms with van der Waals surface area (Å²) in [5, 5.41) is 8.00. The largest absolute Gasteiger partial charge is 0.496 e. The van der Waals surface area contributed by atoms with E-state index in [1.807, 2.05) is 47.4 Å². The third kappa shape index (κ3) is 8.86. The monoisotopic (exact) mass is 823 g/mol. The summed E-state index contributed by atoms with van der Waals surface area (Å²) in [5.41, 5.74) is 6.39. The minimum Gasteiger partial charge on any atom is -0.496 e. The van der Waals surface area contributed by atoms with Crippen molar-refractivity contribution in [2.24, 2.45) is 0 Å². The Labute approximate surface area is 354 Å². The van der Waals surface area contributed by atoms with Crippen LogP contribution in [0.15, 0.2) is 108 Å². The molecular formula is C49H50FN5O6. The van der Waals surface area contributed by atoms with Gasteiger partial charge in [-0.15, -0.1) is 0 Å². The van der Waals surface area contributed by atoms with Crippen LogP contribution in [-0.2, 0) is 24.4 Å². The fraction of sp³-hybridized carbons (Fsp3) is 0.306. The lowest BCUT2D eigenvalue weighted by molar-refractivity contribution is -0.140. The highest BCUT2D eigenvalue weighted by atomic mass is 19.1. The third-order valence-corrected chi connectivity index (χ3v) is 12.1. The fourth-order valence-corrected chi connectivity index (χ4v) is 8.65. The van der Waals surface area contributed by atoms with Gasteiger partial charge in [-0.3, -0.25) is 19.3 Å². The molecule has 2 saturated heterocycles. The zero-order valence-corrected chi connectivity index (χ0v) is 34.8. The summed E-state index contributed by atoms with van der Waals surface area (Å²) in [7, 11) is 3.26. The second kappa shape index (κ2) is 18.4. The zero-order chi connectivity index (χ0) is 42.5. The molecule has 11 nitrogen and oxygen atoms in total. The van der Waals surface area contributed by atoms with Crippen molar-refractivity contribution in [3.05, 3.63) is 153 Å². The number of aromatic nitrogens is 2. The Bertz CT molecular complexity index is 2580. The summed E-state index contributed by atoms with van der Waals surface area (Å²) < 4.78 is 33.4. The summed E-state index contributed by atoms with van der Waals surface area (Å²) in [4.78, 5) is 45.9. The van der Waals surface area contributed by atoms with Crippen molar-refractivity contribution in [1.29, 1.82) is 0 Å². The molecule has 2 aliphatic heterocycles. The standard InChI is InChI=1S/C49H50FN5O6/c1-32-35(14-11-17-37(32)34-12-5-4-6-13-34)31-61-36-28-45(59-2)41(46(29-36)60-3)30-55-21-10-9-18-44(55)49(58)54-24-22-53(23-25-54)48(57)40-26-33(19-20-42(40)50)27-43-38-15-7-8-16-39(38)47(56)52-51-43/h4-8,11-17,19-20,26,28-29,44H,9-10,18,21-25,27,30-31H2,1-3H3,(H,52,56). The van der Waals surface area contributed by atoms with Gasteiger partial charge in [0.15, 0.2) is 0 Å². The van der Waals surface area contributed by atoms with Gasteiger partial charge in [-0.1, -0.05) is 79.2 Å². The molecule has 3 heterocycles. The van der Waals surface area contributed by atoms with E-state index in [0.29, 0.717) is 78.4 Å². The predicted octanol–water partition coefficient (Wildman–Crippen LogP) is 7.56. The molecule has 1 atom stereocenters. The van der Waals surface area contributed by atoms with Gasteiger partial charge in [-0.05, 0) is 72.3 Å². The first-order valence-electron chi connectivity index (χ1n) is 20.8. The maximum absolute atomic E-state index is 15.2. The molecule has 5 aromatic carbocycles. The number of hydrogen-bond acceptors (Lipinski definition) is 8. The van der Waals surface area contributed by atoms with Gasteiger partial charge in [0.25, 0.3) is 11.5 Å². The van der Waals surface area contributed by atoms with Gasteiger partial charge < -0.3 is 24.0 Å². The van der Waals surface area contributed by atoms with Crippen LogP contribution in [0.2, 0.25) is 0 Å². The van der Waals surface area contributed by atoms with E-state index in [9.17, 15) is 14.4 Å². The lowest BCUT2D eigenvalue weighted by atomic mass is 9.97. The number of H-pyrrole nitrogens is 1. The number of benzene rings is 5. The van der Waals surface area contributed by atoms with Crippen LogP contribution in [0.5, 0.6) is 17.2 Å². The normalized spacial score (nSPS) is 15.8. The van der Waals surface area contributed by atoms with Crippen LogP contribution in [0.3, 0.4) is 0 Å². The first-order chi connectivity index (χ1) is 29.7. The highest BCUT2D eigenvalue weighted by Gasteiger charge is 2.35. The Hall–Kier alpha value is -6.53. The number of aromatic amines is 1. The van der Waals surface area contributed by atoms with Crippen molar-refractivity contribution >= 4 is 22.6 Å². The summed E-state index contributed by atoms with van der Waals surface area (Å²) in [5.74, 6) is 0.838. The molecule has 8 rings (SSSR count). The topological polar surface area (TPSA) is 117 Å². The van der Waals surface area contributed by atoms with Crippen molar-refractivity contribution in [1.82, 2.24) is 24.9 Å². The van der Waals surface area contributed by atoms with Crippen molar-refractivity contribution in [2.75, 3.05) is 46.9 Å². The number of nitrogens with one attached hydrogen (secondary N) is 1. The van der Waals surface area contributed by atoms with Gasteiger partial charge >= 0.3 is 0 Å². The van der Waals surface area contributed by atoms with Crippen molar-refractivity contribution in [3.8, 4) is 28.4 Å². The first kappa shape index (κ1) is 41.2. The SMILES string of the molecule is COc1cc(OCc2cccc(-c3ccccc3)c2C)cc(OC)c1CN1CCCCC1C(=O)N1CCN(C(=O)c2cc(Cc3n[nH]c(=O)c4ccccc34)ccc2F)CC1. The molecule has 1 N–H and O–H groups in total. The Morgan fingerprint density at radius 3 is 2.25 bits per heavy atom. The number of piperazine rings is 1. The minimum atomic E-state index is -0.612. The molecule has 1 aromatic heterocycles. The second-order valence-electron chi connectivity index (χ2n) is 15.7. The molecule has 2 fully saturated rings. The van der Waals surface area contributed by atoms with Crippen LogP contribution in [0.25, 0.3) is 21.9 Å². The van der Waals surface area contributed by atoms with Crippen LogP contribution in [0.1, 0.15) is 57.6 Å². The smallest absolute Gasteiger partial charge is 0.272 e. The Balaban J connectivity index is 0.915. The summed E-state index contributed by atoms with van der Waals surface area (Å²) in [6.07, 6.45) is 2.90. The van der Waals surface area contributed by atoms with Gasteiger partial charge in [0, 0.05) is 56.7 Å². The van der Waals surface area contributed by atoms with Gasteiger partial charge in [-0.25, -0.2) is 9.49 Å². The summed E-state index contributed by atoms with van der Waals surface area (Å²) >= 11 is 0. The van der Waals surface area contributed by atoms with E-state index in [-0.39, 0.29) is 36.2 Å². The van der Waals surface area contributed by atoms with E-state index in [1.54, 1.807) is 43.4 Å². The van der Waals surface area contributed by atoms with Gasteiger partial charge in [0.1, 0.15) is 29.7 Å². The number of halogens is 1. The molecule has 0 bridgehead atoms. The molecule has 12 heteroatoms. The van der Waals surface area contributed by atoms with E-state index in [1.165, 1.54) is 6.07 Å². The van der Waals surface area contributed by atoms with Crippen LogP contribution < -0.4 is 19.8 Å². The predicted molar refractivity (Wildman–Crippen MR) is 233 cm³/mol. The molecule has 0 aliphatic carbocycles. The Morgan fingerprint density at radius 2 is 1.51 bits per heavy atom.